The molecule has 9 heteroatoms. The van der Waals surface area contributed by atoms with E-state index in [0.29, 0.717) is 28.2 Å². The zero-order chi connectivity index (χ0) is 23.7. The molecule has 0 unspecified atom stereocenters. The van der Waals surface area contributed by atoms with Crippen LogP contribution in [0.3, 0.4) is 0 Å². The molecule has 4 aromatic rings. The number of rotatable bonds is 5. The van der Waals surface area contributed by atoms with Crippen molar-refractivity contribution in [2.24, 2.45) is 5.92 Å². The van der Waals surface area contributed by atoms with Gasteiger partial charge in [0.15, 0.2) is 5.75 Å². The van der Waals surface area contributed by atoms with Crippen molar-refractivity contribution in [3.63, 3.8) is 0 Å². The molecule has 0 spiro atoms. The highest BCUT2D eigenvalue weighted by Gasteiger charge is 2.20. The predicted molar refractivity (Wildman–Crippen MR) is 127 cm³/mol. The van der Waals surface area contributed by atoms with Crippen LogP contribution in [0.2, 0.25) is 0 Å². The smallest absolute Gasteiger partial charge is 0.256 e. The summed E-state index contributed by atoms with van der Waals surface area (Å²) < 4.78 is 12.2. The maximum Gasteiger partial charge on any atom is 0.256 e. The molecule has 1 aliphatic heterocycles. The van der Waals surface area contributed by atoms with Gasteiger partial charge >= 0.3 is 0 Å². The van der Waals surface area contributed by atoms with Gasteiger partial charge in [-0.05, 0) is 43.2 Å². The van der Waals surface area contributed by atoms with E-state index in [-0.39, 0.29) is 11.8 Å². The number of aromatic nitrogens is 4. The Bertz CT molecular complexity index is 1370. The van der Waals surface area contributed by atoms with Crippen molar-refractivity contribution in [1.29, 1.82) is 5.26 Å². The molecule has 4 aromatic heterocycles. The molecule has 172 valence electrons. The number of hydrogen-bond acceptors (Lipinski definition) is 8. The van der Waals surface area contributed by atoms with Crippen LogP contribution in [0.15, 0.2) is 48.9 Å². The number of methoxy groups -OCH3 is 2. The second-order valence-corrected chi connectivity index (χ2v) is 8.15. The Labute approximate surface area is 196 Å². The fourth-order valence-corrected chi connectivity index (χ4v) is 4.25. The van der Waals surface area contributed by atoms with Gasteiger partial charge in [-0.3, -0.25) is 4.57 Å². The summed E-state index contributed by atoms with van der Waals surface area (Å²) in [6.07, 6.45) is 6.91. The quantitative estimate of drug-likeness (QED) is 0.481. The van der Waals surface area contributed by atoms with Crippen LogP contribution in [0, 0.1) is 17.2 Å². The van der Waals surface area contributed by atoms with E-state index < -0.39 is 0 Å². The number of aromatic hydroxyl groups is 1. The van der Waals surface area contributed by atoms with Crippen molar-refractivity contribution in [3.05, 3.63) is 48.9 Å². The number of nitriles is 1. The predicted octanol–water partition coefficient (Wildman–Crippen LogP) is 3.95. The molecule has 0 aromatic carbocycles. The maximum absolute atomic E-state index is 10.8. The second-order valence-electron chi connectivity index (χ2n) is 8.15. The minimum atomic E-state index is 0.101. The molecule has 9 nitrogen and oxygen atoms in total. The summed E-state index contributed by atoms with van der Waals surface area (Å²) in [5, 5.41) is 20.6. The SMILES string of the molecule is COc1cc(-c2ccc3c(O)n(-c4ccc(N5CCC(C#N)CC5)nc4)cc3n2)cnc1OC. The molecule has 1 N–H and O–H groups in total. The number of fused-ring (bicyclic) bond motifs is 1. The van der Waals surface area contributed by atoms with E-state index in [1.165, 1.54) is 0 Å². The van der Waals surface area contributed by atoms with E-state index in [9.17, 15) is 5.11 Å². The number of ether oxygens (including phenoxy) is 2. The molecule has 5 rings (SSSR count). The number of anilines is 1. The standard InChI is InChI=1S/C25H24N6O3/c1-33-22-11-17(13-28-24(22)34-2)20-5-4-19-21(29-20)15-31(25(19)32)18-3-6-23(27-14-18)30-9-7-16(12-26)8-10-30/h3-6,11,13-16,32H,7-10H2,1-2H3. The fourth-order valence-electron chi connectivity index (χ4n) is 4.25. The highest BCUT2D eigenvalue weighted by atomic mass is 16.5. The van der Waals surface area contributed by atoms with Gasteiger partial charge < -0.3 is 19.5 Å². The third-order valence-electron chi connectivity index (χ3n) is 6.18. The third kappa shape index (κ3) is 3.83. The summed E-state index contributed by atoms with van der Waals surface area (Å²) in [5.41, 5.74) is 2.86. The Balaban J connectivity index is 1.43. The van der Waals surface area contributed by atoms with Crippen LogP contribution in [0.25, 0.3) is 27.8 Å². The van der Waals surface area contributed by atoms with Gasteiger partial charge in [0, 0.05) is 37.0 Å². The highest BCUT2D eigenvalue weighted by Crippen LogP contribution is 2.33. The largest absolute Gasteiger partial charge is 0.494 e. The number of piperidine rings is 1. The van der Waals surface area contributed by atoms with E-state index in [0.717, 1.165) is 43.0 Å². The third-order valence-corrected chi connectivity index (χ3v) is 6.18. The average molecular weight is 457 g/mol. The van der Waals surface area contributed by atoms with Crippen molar-refractivity contribution in [1.82, 2.24) is 19.5 Å². The first-order valence-corrected chi connectivity index (χ1v) is 11.0. The van der Waals surface area contributed by atoms with Crippen LogP contribution in [0.5, 0.6) is 17.5 Å². The van der Waals surface area contributed by atoms with Crippen molar-refractivity contribution in [2.45, 2.75) is 12.8 Å². The molecule has 0 aliphatic carbocycles. The van der Waals surface area contributed by atoms with Gasteiger partial charge in [-0.15, -0.1) is 0 Å². The fraction of sp³-hybridized carbons (Fsp3) is 0.280. The average Bonchev–Trinajstić information content (AvgIpc) is 3.24. The summed E-state index contributed by atoms with van der Waals surface area (Å²) >= 11 is 0. The summed E-state index contributed by atoms with van der Waals surface area (Å²) in [6.45, 7) is 1.64. The minimum Gasteiger partial charge on any atom is -0.494 e. The molecule has 1 aliphatic rings. The van der Waals surface area contributed by atoms with Crippen LogP contribution in [-0.2, 0) is 0 Å². The van der Waals surface area contributed by atoms with Gasteiger partial charge in [-0.25, -0.2) is 15.0 Å². The highest BCUT2D eigenvalue weighted by molar-refractivity contribution is 5.87. The van der Waals surface area contributed by atoms with Crippen molar-refractivity contribution >= 4 is 16.7 Å². The first kappa shape index (κ1) is 21.5. The van der Waals surface area contributed by atoms with E-state index >= 15 is 0 Å². The molecule has 0 saturated carbocycles. The minimum absolute atomic E-state index is 0.101. The van der Waals surface area contributed by atoms with Gasteiger partial charge in [0.05, 0.1) is 48.8 Å². The van der Waals surface area contributed by atoms with Crippen LogP contribution in [-0.4, -0.2) is 51.9 Å². The topological polar surface area (TPSA) is 109 Å². The second kappa shape index (κ2) is 8.90. The lowest BCUT2D eigenvalue weighted by atomic mass is 9.99. The monoisotopic (exact) mass is 456 g/mol. The van der Waals surface area contributed by atoms with Crippen molar-refractivity contribution in [2.75, 3.05) is 32.2 Å². The summed E-state index contributed by atoms with van der Waals surface area (Å²) in [6, 6.07) is 11.7. The summed E-state index contributed by atoms with van der Waals surface area (Å²) in [5.74, 6) is 2.03. The van der Waals surface area contributed by atoms with Gasteiger partial charge in [-0.1, -0.05) is 0 Å². The van der Waals surface area contributed by atoms with Crippen LogP contribution >= 0.6 is 0 Å². The number of hydrogen-bond donors (Lipinski definition) is 1. The zero-order valence-corrected chi connectivity index (χ0v) is 19.0. The lowest BCUT2D eigenvalue weighted by Gasteiger charge is -2.30. The summed E-state index contributed by atoms with van der Waals surface area (Å²) in [4.78, 5) is 15.8. The lowest BCUT2D eigenvalue weighted by Crippen LogP contribution is -2.33. The van der Waals surface area contributed by atoms with Gasteiger partial charge in [0.25, 0.3) is 5.88 Å². The van der Waals surface area contributed by atoms with Crippen LogP contribution in [0.4, 0.5) is 5.82 Å². The first-order chi connectivity index (χ1) is 16.6. The van der Waals surface area contributed by atoms with Crippen molar-refractivity contribution in [3.8, 4) is 40.5 Å². The molecule has 34 heavy (non-hydrogen) atoms. The van der Waals surface area contributed by atoms with Crippen LogP contribution < -0.4 is 14.4 Å². The van der Waals surface area contributed by atoms with Gasteiger partial charge in [-0.2, -0.15) is 5.26 Å². The number of pyridine rings is 3. The number of nitrogens with zero attached hydrogens (tertiary/aromatic N) is 6. The Morgan fingerprint density at radius 2 is 1.88 bits per heavy atom. The molecular weight excluding hydrogens is 432 g/mol. The maximum atomic E-state index is 10.8. The molecule has 0 amide bonds. The van der Waals surface area contributed by atoms with E-state index in [4.69, 9.17) is 19.7 Å². The Morgan fingerprint density at radius 3 is 2.56 bits per heavy atom. The molecule has 5 heterocycles. The molecular formula is C25H24N6O3. The molecule has 0 atom stereocenters. The molecule has 1 saturated heterocycles. The Morgan fingerprint density at radius 1 is 1.06 bits per heavy atom. The van der Waals surface area contributed by atoms with Crippen molar-refractivity contribution < 1.29 is 14.6 Å². The van der Waals surface area contributed by atoms with E-state index in [2.05, 4.69) is 20.9 Å². The Hall–Kier alpha value is -4.32. The normalized spacial score (nSPS) is 14.2. The molecule has 1 fully saturated rings. The summed E-state index contributed by atoms with van der Waals surface area (Å²) in [7, 11) is 3.10. The van der Waals surface area contributed by atoms with E-state index in [1.54, 1.807) is 37.4 Å². The first-order valence-electron chi connectivity index (χ1n) is 11.0. The molecule has 0 radical (unpaired) electrons. The van der Waals surface area contributed by atoms with Gasteiger partial charge in [0.1, 0.15) is 5.82 Å². The zero-order valence-electron chi connectivity index (χ0n) is 19.0. The molecule has 0 bridgehead atoms. The van der Waals surface area contributed by atoms with Crippen LogP contribution in [0.1, 0.15) is 12.8 Å². The van der Waals surface area contributed by atoms with Gasteiger partial charge in [0.2, 0.25) is 5.88 Å². The lowest BCUT2D eigenvalue weighted by molar-refractivity contribution is 0.343. The Kier molecular flexibility index (Phi) is 5.64. The van der Waals surface area contributed by atoms with E-state index in [1.807, 2.05) is 30.3 Å².